The van der Waals surface area contributed by atoms with E-state index in [9.17, 15) is 0 Å². The number of nitrogens with zero attached hydrogens (tertiary/aromatic N) is 1. The van der Waals surface area contributed by atoms with Crippen LogP contribution in [0.25, 0.3) is 0 Å². The zero-order valence-electron chi connectivity index (χ0n) is 9.64. The molecule has 1 aliphatic carbocycles. The van der Waals surface area contributed by atoms with Crippen LogP contribution in [0, 0.1) is 22.7 Å². The van der Waals surface area contributed by atoms with Crippen molar-refractivity contribution in [3.63, 3.8) is 0 Å². The molecule has 0 aliphatic heterocycles. The quantitative estimate of drug-likeness (QED) is 0.750. The van der Waals surface area contributed by atoms with Crippen molar-refractivity contribution in [2.45, 2.75) is 52.5 Å². The Morgan fingerprint density at radius 1 is 1.50 bits per heavy atom. The molecule has 2 heteroatoms. The fourth-order valence-corrected chi connectivity index (χ4v) is 2.24. The van der Waals surface area contributed by atoms with Gasteiger partial charge in [0.1, 0.15) is 0 Å². The molecule has 2 unspecified atom stereocenters. The van der Waals surface area contributed by atoms with Crippen molar-refractivity contribution < 1.29 is 0 Å². The van der Waals surface area contributed by atoms with Crippen LogP contribution in [-0.2, 0) is 0 Å². The zero-order chi connectivity index (χ0) is 10.6. The van der Waals surface area contributed by atoms with Crippen LogP contribution in [0.5, 0.6) is 0 Å². The van der Waals surface area contributed by atoms with Gasteiger partial charge in [0.15, 0.2) is 0 Å². The summed E-state index contributed by atoms with van der Waals surface area (Å²) in [6.45, 7) is 7.48. The molecule has 0 radical (unpaired) electrons. The maximum Gasteiger partial charge on any atom is 0.0666 e. The standard InChI is InChI=1S/C12H22N2/c1-10(8-13)9-14-11-6-4-5-7-12(11,2)3/h10-11,14H,4-7,9H2,1-3H3. The Labute approximate surface area is 87.7 Å². The van der Waals surface area contributed by atoms with E-state index in [1.807, 2.05) is 6.92 Å². The second-order valence-corrected chi connectivity index (χ2v) is 5.23. The summed E-state index contributed by atoms with van der Waals surface area (Å²) < 4.78 is 0. The van der Waals surface area contributed by atoms with E-state index in [4.69, 9.17) is 5.26 Å². The Kier molecular flexibility index (Phi) is 3.95. The summed E-state index contributed by atoms with van der Waals surface area (Å²) in [6.07, 6.45) is 5.28. The van der Waals surface area contributed by atoms with Crippen LogP contribution >= 0.6 is 0 Å². The minimum absolute atomic E-state index is 0.132. The van der Waals surface area contributed by atoms with Crippen molar-refractivity contribution in [1.29, 1.82) is 5.26 Å². The zero-order valence-corrected chi connectivity index (χ0v) is 9.64. The van der Waals surface area contributed by atoms with Crippen molar-refractivity contribution in [1.82, 2.24) is 5.32 Å². The molecule has 0 heterocycles. The highest BCUT2D eigenvalue weighted by molar-refractivity contribution is 4.90. The lowest BCUT2D eigenvalue weighted by Crippen LogP contribution is -2.45. The van der Waals surface area contributed by atoms with Crippen LogP contribution in [0.3, 0.4) is 0 Å². The molecule has 1 fully saturated rings. The molecule has 1 saturated carbocycles. The molecule has 14 heavy (non-hydrogen) atoms. The van der Waals surface area contributed by atoms with E-state index in [1.165, 1.54) is 25.7 Å². The van der Waals surface area contributed by atoms with Gasteiger partial charge in [-0.3, -0.25) is 0 Å². The Hall–Kier alpha value is -0.550. The smallest absolute Gasteiger partial charge is 0.0666 e. The predicted molar refractivity (Wildman–Crippen MR) is 58.8 cm³/mol. The first kappa shape index (κ1) is 11.5. The number of nitriles is 1. The fourth-order valence-electron chi connectivity index (χ4n) is 2.24. The molecule has 0 saturated heterocycles. The third-order valence-corrected chi connectivity index (χ3v) is 3.40. The van der Waals surface area contributed by atoms with E-state index in [2.05, 4.69) is 25.2 Å². The molecule has 0 bridgehead atoms. The van der Waals surface area contributed by atoms with Gasteiger partial charge in [-0.15, -0.1) is 0 Å². The largest absolute Gasteiger partial charge is 0.312 e. The molecule has 0 aromatic heterocycles. The summed E-state index contributed by atoms with van der Waals surface area (Å²) >= 11 is 0. The van der Waals surface area contributed by atoms with Crippen LogP contribution < -0.4 is 5.32 Å². The number of nitrogens with one attached hydrogen (secondary N) is 1. The van der Waals surface area contributed by atoms with Gasteiger partial charge < -0.3 is 5.32 Å². The summed E-state index contributed by atoms with van der Waals surface area (Å²) in [5.74, 6) is 0.132. The van der Waals surface area contributed by atoms with Crippen LogP contribution in [0.4, 0.5) is 0 Å². The highest BCUT2D eigenvalue weighted by atomic mass is 14.9. The minimum Gasteiger partial charge on any atom is -0.312 e. The second-order valence-electron chi connectivity index (χ2n) is 5.23. The molecular weight excluding hydrogens is 172 g/mol. The first-order valence-corrected chi connectivity index (χ1v) is 5.69. The van der Waals surface area contributed by atoms with Gasteiger partial charge in [0, 0.05) is 12.6 Å². The van der Waals surface area contributed by atoms with Crippen LogP contribution in [0.15, 0.2) is 0 Å². The Morgan fingerprint density at radius 2 is 2.21 bits per heavy atom. The molecule has 2 atom stereocenters. The van der Waals surface area contributed by atoms with E-state index in [0.717, 1.165) is 6.54 Å². The molecule has 0 spiro atoms. The summed E-state index contributed by atoms with van der Waals surface area (Å²) in [5, 5.41) is 12.2. The molecule has 0 aromatic carbocycles. The van der Waals surface area contributed by atoms with Gasteiger partial charge >= 0.3 is 0 Å². The number of hydrogen-bond donors (Lipinski definition) is 1. The van der Waals surface area contributed by atoms with Crippen LogP contribution in [0.2, 0.25) is 0 Å². The van der Waals surface area contributed by atoms with E-state index < -0.39 is 0 Å². The number of hydrogen-bond acceptors (Lipinski definition) is 2. The molecule has 1 rings (SSSR count). The molecule has 0 amide bonds. The fraction of sp³-hybridized carbons (Fsp3) is 0.917. The monoisotopic (exact) mass is 194 g/mol. The minimum atomic E-state index is 0.132. The Bertz CT molecular complexity index is 215. The van der Waals surface area contributed by atoms with E-state index in [-0.39, 0.29) is 5.92 Å². The summed E-state index contributed by atoms with van der Waals surface area (Å²) in [5.41, 5.74) is 0.410. The lowest BCUT2D eigenvalue weighted by molar-refractivity contribution is 0.166. The average molecular weight is 194 g/mol. The van der Waals surface area contributed by atoms with Crippen molar-refractivity contribution >= 4 is 0 Å². The van der Waals surface area contributed by atoms with E-state index in [0.29, 0.717) is 11.5 Å². The normalized spacial score (nSPS) is 28.0. The Morgan fingerprint density at radius 3 is 2.79 bits per heavy atom. The predicted octanol–water partition coefficient (Wildman–Crippen LogP) is 2.70. The lowest BCUT2D eigenvalue weighted by atomic mass is 9.73. The third-order valence-electron chi connectivity index (χ3n) is 3.40. The van der Waals surface area contributed by atoms with Gasteiger partial charge in [-0.05, 0) is 25.2 Å². The lowest BCUT2D eigenvalue weighted by Gasteiger charge is -2.39. The van der Waals surface area contributed by atoms with Gasteiger partial charge in [0.2, 0.25) is 0 Å². The molecule has 1 N–H and O–H groups in total. The van der Waals surface area contributed by atoms with E-state index in [1.54, 1.807) is 0 Å². The number of rotatable bonds is 3. The molecule has 0 aromatic rings. The average Bonchev–Trinajstić information content (AvgIpc) is 2.15. The van der Waals surface area contributed by atoms with Crippen molar-refractivity contribution in [3.05, 3.63) is 0 Å². The van der Waals surface area contributed by atoms with Crippen LogP contribution in [-0.4, -0.2) is 12.6 Å². The van der Waals surface area contributed by atoms with Crippen molar-refractivity contribution in [2.75, 3.05) is 6.54 Å². The van der Waals surface area contributed by atoms with Gasteiger partial charge in [0.05, 0.1) is 12.0 Å². The van der Waals surface area contributed by atoms with Crippen molar-refractivity contribution in [2.24, 2.45) is 11.3 Å². The van der Waals surface area contributed by atoms with Gasteiger partial charge in [-0.25, -0.2) is 0 Å². The maximum absolute atomic E-state index is 8.70. The highest BCUT2D eigenvalue weighted by Crippen LogP contribution is 2.35. The van der Waals surface area contributed by atoms with Gasteiger partial charge in [0.25, 0.3) is 0 Å². The van der Waals surface area contributed by atoms with Gasteiger partial charge in [-0.1, -0.05) is 26.7 Å². The summed E-state index contributed by atoms with van der Waals surface area (Å²) in [4.78, 5) is 0. The Balaban J connectivity index is 2.39. The first-order chi connectivity index (χ1) is 6.56. The van der Waals surface area contributed by atoms with Crippen LogP contribution in [0.1, 0.15) is 46.5 Å². The molecule has 1 aliphatic rings. The summed E-state index contributed by atoms with van der Waals surface area (Å²) in [7, 11) is 0. The molecular formula is C12H22N2. The maximum atomic E-state index is 8.70. The van der Waals surface area contributed by atoms with Crippen molar-refractivity contribution in [3.8, 4) is 6.07 Å². The van der Waals surface area contributed by atoms with Gasteiger partial charge in [-0.2, -0.15) is 5.26 Å². The molecule has 80 valence electrons. The third kappa shape index (κ3) is 2.99. The summed E-state index contributed by atoms with van der Waals surface area (Å²) in [6, 6.07) is 2.87. The first-order valence-electron chi connectivity index (χ1n) is 5.69. The SMILES string of the molecule is CC(C#N)CNC1CCCCC1(C)C. The second kappa shape index (κ2) is 4.79. The van der Waals surface area contributed by atoms with E-state index >= 15 is 0 Å². The topological polar surface area (TPSA) is 35.8 Å². The molecule has 2 nitrogen and oxygen atoms in total. The highest BCUT2D eigenvalue weighted by Gasteiger charge is 2.31.